The number of carboxylic acids is 1. The van der Waals surface area contributed by atoms with Crippen LogP contribution in [0.1, 0.15) is 6.92 Å². The average Bonchev–Trinajstić information content (AvgIpc) is 2.36. The van der Waals surface area contributed by atoms with E-state index in [0.717, 1.165) is 11.8 Å². The fourth-order valence-electron chi connectivity index (χ4n) is 1.33. The van der Waals surface area contributed by atoms with Crippen molar-refractivity contribution in [1.29, 1.82) is 0 Å². The Labute approximate surface area is 130 Å². The fourth-order valence-corrected chi connectivity index (χ4v) is 2.64. The molecule has 0 aromatic heterocycles. The molecule has 3 N–H and O–H groups in total. The molecule has 5 nitrogen and oxygen atoms in total. The van der Waals surface area contributed by atoms with E-state index in [4.69, 9.17) is 28.3 Å². The Morgan fingerprint density at radius 2 is 2.05 bits per heavy atom. The van der Waals surface area contributed by atoms with Crippen molar-refractivity contribution in [3.8, 4) is 0 Å². The number of benzene rings is 1. The number of thioether (sulfide) groups is 1. The molecule has 20 heavy (non-hydrogen) atoms. The predicted octanol–water partition coefficient (Wildman–Crippen LogP) is 2.04. The Kier molecular flexibility index (Phi) is 6.61. The summed E-state index contributed by atoms with van der Waals surface area (Å²) in [5.41, 5.74) is 0. The first-order chi connectivity index (χ1) is 9.31. The summed E-state index contributed by atoms with van der Waals surface area (Å²) in [6.07, 6.45) is -1.18. The number of aliphatic hydroxyl groups excluding tert-OH is 1. The summed E-state index contributed by atoms with van der Waals surface area (Å²) in [6, 6.07) is 3.52. The van der Waals surface area contributed by atoms with Crippen molar-refractivity contribution < 1.29 is 19.8 Å². The number of amides is 1. The number of carboxylic acid groups (broad SMARTS) is 1. The Morgan fingerprint density at radius 1 is 1.40 bits per heavy atom. The van der Waals surface area contributed by atoms with Crippen LogP contribution in [0.25, 0.3) is 0 Å². The molecule has 0 aliphatic rings. The molecule has 1 aromatic rings. The molecule has 1 amide bonds. The predicted molar refractivity (Wildman–Crippen MR) is 78.4 cm³/mol. The van der Waals surface area contributed by atoms with Crippen molar-refractivity contribution in [1.82, 2.24) is 5.32 Å². The van der Waals surface area contributed by atoms with Crippen molar-refractivity contribution in [2.75, 3.05) is 5.75 Å². The molecule has 1 aromatic carbocycles. The highest BCUT2D eigenvalue weighted by Crippen LogP contribution is 2.29. The third-order valence-electron chi connectivity index (χ3n) is 2.32. The van der Waals surface area contributed by atoms with Gasteiger partial charge < -0.3 is 15.5 Å². The lowest BCUT2D eigenvalue weighted by Gasteiger charge is -2.16. The molecule has 0 bridgehead atoms. The Hall–Kier alpha value is -0.950. The molecule has 1 rings (SSSR count). The molecular formula is C12H13Cl2NO4S. The quantitative estimate of drug-likeness (QED) is 0.691. The van der Waals surface area contributed by atoms with Crippen LogP contribution >= 0.6 is 35.0 Å². The molecule has 0 heterocycles. The van der Waals surface area contributed by atoms with Gasteiger partial charge in [0.25, 0.3) is 0 Å². The summed E-state index contributed by atoms with van der Waals surface area (Å²) in [5, 5.41) is 21.3. The van der Waals surface area contributed by atoms with Gasteiger partial charge in [0.2, 0.25) is 5.91 Å². The summed E-state index contributed by atoms with van der Waals surface area (Å²) in [4.78, 5) is 23.1. The lowest BCUT2D eigenvalue weighted by molar-refractivity contribution is -0.144. The minimum absolute atomic E-state index is 0.0312. The van der Waals surface area contributed by atoms with Crippen LogP contribution < -0.4 is 5.32 Å². The second-order valence-electron chi connectivity index (χ2n) is 3.99. The number of carbonyl (C=O) groups is 2. The highest BCUT2D eigenvalue weighted by molar-refractivity contribution is 8.00. The smallest absolute Gasteiger partial charge is 0.328 e. The zero-order chi connectivity index (χ0) is 15.3. The molecule has 8 heteroatoms. The first-order valence-corrected chi connectivity index (χ1v) is 7.33. The number of hydrogen-bond acceptors (Lipinski definition) is 4. The van der Waals surface area contributed by atoms with E-state index in [9.17, 15) is 14.7 Å². The number of aliphatic hydroxyl groups is 1. The molecular weight excluding hydrogens is 325 g/mol. The zero-order valence-electron chi connectivity index (χ0n) is 10.5. The monoisotopic (exact) mass is 337 g/mol. The van der Waals surface area contributed by atoms with E-state index in [1.165, 1.54) is 6.92 Å². The first-order valence-electron chi connectivity index (χ1n) is 5.59. The summed E-state index contributed by atoms with van der Waals surface area (Å²) in [7, 11) is 0. The average molecular weight is 338 g/mol. The second-order valence-corrected chi connectivity index (χ2v) is 5.85. The van der Waals surface area contributed by atoms with E-state index in [2.05, 4.69) is 5.32 Å². The molecule has 2 atom stereocenters. The summed E-state index contributed by atoms with van der Waals surface area (Å²) in [5.74, 6) is -1.84. The van der Waals surface area contributed by atoms with Gasteiger partial charge in [-0.1, -0.05) is 23.2 Å². The lowest BCUT2D eigenvalue weighted by Crippen LogP contribution is -2.48. The van der Waals surface area contributed by atoms with Gasteiger partial charge in [-0.25, -0.2) is 4.79 Å². The maximum atomic E-state index is 11.6. The van der Waals surface area contributed by atoms with E-state index in [1.54, 1.807) is 18.2 Å². The van der Waals surface area contributed by atoms with Gasteiger partial charge >= 0.3 is 5.97 Å². The maximum absolute atomic E-state index is 11.6. The van der Waals surface area contributed by atoms with Gasteiger partial charge in [-0.05, 0) is 25.1 Å². The molecule has 0 saturated heterocycles. The van der Waals surface area contributed by atoms with Crippen LogP contribution in [0.15, 0.2) is 23.1 Å². The number of rotatable bonds is 6. The number of nitrogens with one attached hydrogen (secondary N) is 1. The number of aliphatic carboxylic acids is 1. The van der Waals surface area contributed by atoms with Crippen LogP contribution in [0.3, 0.4) is 0 Å². The van der Waals surface area contributed by atoms with E-state index in [1.807, 2.05) is 0 Å². The molecule has 0 aliphatic heterocycles. The molecule has 110 valence electrons. The third-order valence-corrected chi connectivity index (χ3v) is 4.05. The van der Waals surface area contributed by atoms with E-state index in [-0.39, 0.29) is 5.75 Å². The van der Waals surface area contributed by atoms with Crippen molar-refractivity contribution >= 4 is 46.8 Å². The Bertz CT molecular complexity index is 510. The molecule has 0 fully saturated rings. The Morgan fingerprint density at radius 3 is 2.60 bits per heavy atom. The van der Waals surface area contributed by atoms with Gasteiger partial charge in [0.15, 0.2) is 6.04 Å². The molecule has 2 unspecified atom stereocenters. The van der Waals surface area contributed by atoms with Crippen molar-refractivity contribution in [3.05, 3.63) is 28.2 Å². The number of hydrogen-bond donors (Lipinski definition) is 3. The fraction of sp³-hybridized carbons (Fsp3) is 0.333. The van der Waals surface area contributed by atoms with Gasteiger partial charge in [0.1, 0.15) is 0 Å². The second kappa shape index (κ2) is 7.73. The van der Waals surface area contributed by atoms with Gasteiger partial charge in [0, 0.05) is 9.92 Å². The minimum atomic E-state index is -1.34. The van der Waals surface area contributed by atoms with Crippen LogP contribution in [0, 0.1) is 0 Å². The largest absolute Gasteiger partial charge is 0.480 e. The third kappa shape index (κ3) is 5.20. The number of carbonyl (C=O) groups excluding carboxylic acids is 1. The van der Waals surface area contributed by atoms with Crippen molar-refractivity contribution in [2.24, 2.45) is 0 Å². The van der Waals surface area contributed by atoms with Crippen molar-refractivity contribution in [3.63, 3.8) is 0 Å². The van der Waals surface area contributed by atoms with E-state index >= 15 is 0 Å². The number of halogens is 2. The van der Waals surface area contributed by atoms with Gasteiger partial charge in [-0.2, -0.15) is 0 Å². The SMILES string of the molecule is CC(O)C(NC(=O)CSc1cc(Cl)ccc1Cl)C(=O)O. The van der Waals surface area contributed by atoms with Gasteiger partial charge in [0.05, 0.1) is 16.9 Å². The zero-order valence-corrected chi connectivity index (χ0v) is 12.8. The lowest BCUT2D eigenvalue weighted by atomic mass is 10.2. The molecule has 0 radical (unpaired) electrons. The van der Waals surface area contributed by atoms with E-state index in [0.29, 0.717) is 14.9 Å². The van der Waals surface area contributed by atoms with E-state index < -0.39 is 24.0 Å². The minimum Gasteiger partial charge on any atom is -0.480 e. The molecule has 0 saturated carbocycles. The van der Waals surface area contributed by atoms with Crippen LogP contribution in [0.2, 0.25) is 10.0 Å². The van der Waals surface area contributed by atoms with Crippen LogP contribution in [0.5, 0.6) is 0 Å². The van der Waals surface area contributed by atoms with Crippen LogP contribution in [-0.2, 0) is 9.59 Å². The van der Waals surface area contributed by atoms with Gasteiger partial charge in [-0.15, -0.1) is 11.8 Å². The molecule has 0 aliphatic carbocycles. The summed E-state index contributed by atoms with van der Waals surface area (Å²) < 4.78 is 0. The highest BCUT2D eigenvalue weighted by atomic mass is 35.5. The Balaban J connectivity index is 2.59. The topological polar surface area (TPSA) is 86.6 Å². The standard InChI is InChI=1S/C12H13Cl2NO4S/c1-6(16)11(12(18)19)15-10(17)5-20-9-4-7(13)2-3-8(9)14/h2-4,6,11,16H,5H2,1H3,(H,15,17)(H,18,19). The molecule has 0 spiro atoms. The summed E-state index contributed by atoms with van der Waals surface area (Å²) >= 11 is 12.9. The first kappa shape index (κ1) is 17.1. The van der Waals surface area contributed by atoms with Gasteiger partial charge in [-0.3, -0.25) is 4.79 Å². The van der Waals surface area contributed by atoms with Crippen molar-refractivity contribution in [2.45, 2.75) is 24.0 Å². The van der Waals surface area contributed by atoms with Crippen LogP contribution in [0.4, 0.5) is 0 Å². The normalized spacial score (nSPS) is 13.6. The van der Waals surface area contributed by atoms with Crippen LogP contribution in [-0.4, -0.2) is 40.0 Å². The highest BCUT2D eigenvalue weighted by Gasteiger charge is 2.24. The maximum Gasteiger partial charge on any atom is 0.328 e. The summed E-state index contributed by atoms with van der Waals surface area (Å²) in [6.45, 7) is 1.29.